The first-order valence-electron chi connectivity index (χ1n) is 9.40. The molecular formula is C20H26N4OS. The normalized spacial score (nSPS) is 18.8. The largest absolute Gasteiger partial charge is 0.353 e. The highest BCUT2D eigenvalue weighted by Gasteiger charge is 2.23. The Hall–Kier alpha value is -1.76. The van der Waals surface area contributed by atoms with E-state index in [4.69, 9.17) is 0 Å². The van der Waals surface area contributed by atoms with Gasteiger partial charge in [-0.15, -0.1) is 11.3 Å². The van der Waals surface area contributed by atoms with Crippen molar-refractivity contribution in [1.29, 1.82) is 0 Å². The van der Waals surface area contributed by atoms with Crippen molar-refractivity contribution in [2.45, 2.75) is 31.8 Å². The highest BCUT2D eigenvalue weighted by Crippen LogP contribution is 2.26. The minimum atomic E-state index is 0.0909. The quantitative estimate of drug-likeness (QED) is 0.848. The lowest BCUT2D eigenvalue weighted by Crippen LogP contribution is -2.43. The molecule has 1 N–H and O–H groups in total. The molecular weight excluding hydrogens is 344 g/mol. The number of nitrogens with zero attached hydrogens (tertiary/aromatic N) is 3. The summed E-state index contributed by atoms with van der Waals surface area (Å²) in [5, 5.41) is 6.03. The van der Waals surface area contributed by atoms with Crippen molar-refractivity contribution in [1.82, 2.24) is 20.1 Å². The molecule has 6 heteroatoms. The Bertz CT molecular complexity index is 763. The van der Waals surface area contributed by atoms with Crippen LogP contribution in [0.3, 0.4) is 0 Å². The van der Waals surface area contributed by atoms with E-state index in [-0.39, 0.29) is 5.91 Å². The summed E-state index contributed by atoms with van der Waals surface area (Å²) in [4.78, 5) is 21.5. The fourth-order valence-corrected chi connectivity index (χ4v) is 4.08. The zero-order valence-corrected chi connectivity index (χ0v) is 16.1. The molecule has 0 unspecified atom stereocenters. The first-order chi connectivity index (χ1) is 12.7. The molecule has 0 bridgehead atoms. The van der Waals surface area contributed by atoms with E-state index >= 15 is 0 Å². The molecule has 0 spiro atoms. The Morgan fingerprint density at radius 1 is 1.27 bits per heavy atom. The highest BCUT2D eigenvalue weighted by molar-refractivity contribution is 7.13. The minimum Gasteiger partial charge on any atom is -0.353 e. The fraction of sp³-hybridized carbons (Fsp3) is 0.500. The summed E-state index contributed by atoms with van der Waals surface area (Å²) >= 11 is 1.62. The van der Waals surface area contributed by atoms with Crippen molar-refractivity contribution in [3.8, 4) is 10.6 Å². The molecule has 1 aromatic heterocycles. The number of nitrogens with one attached hydrogen (secondary N) is 1. The van der Waals surface area contributed by atoms with Gasteiger partial charge in [-0.25, -0.2) is 4.98 Å². The van der Waals surface area contributed by atoms with Crippen LogP contribution < -0.4 is 5.32 Å². The fourth-order valence-electron chi connectivity index (χ4n) is 3.26. The SMILES string of the molecule is CN1CCN(Cc2cccc(-c3nc(CC(=O)NC4CC4)cs3)c2)CC1. The molecule has 138 valence electrons. The van der Waals surface area contributed by atoms with Gasteiger partial charge in [0.2, 0.25) is 5.91 Å². The van der Waals surface area contributed by atoms with E-state index < -0.39 is 0 Å². The predicted molar refractivity (Wildman–Crippen MR) is 105 cm³/mol. The summed E-state index contributed by atoms with van der Waals surface area (Å²) in [7, 11) is 2.18. The maximum absolute atomic E-state index is 12.0. The van der Waals surface area contributed by atoms with Crippen LogP contribution in [-0.4, -0.2) is 60.0 Å². The molecule has 1 saturated carbocycles. The minimum absolute atomic E-state index is 0.0909. The lowest BCUT2D eigenvalue weighted by Gasteiger charge is -2.32. The molecule has 1 aliphatic carbocycles. The highest BCUT2D eigenvalue weighted by atomic mass is 32.1. The Labute approximate surface area is 159 Å². The molecule has 2 aromatic rings. The van der Waals surface area contributed by atoms with Crippen molar-refractivity contribution in [2.75, 3.05) is 33.2 Å². The van der Waals surface area contributed by atoms with Crippen LogP contribution in [0.25, 0.3) is 10.6 Å². The molecule has 0 atom stereocenters. The Balaban J connectivity index is 1.39. The van der Waals surface area contributed by atoms with E-state index in [1.54, 1.807) is 11.3 Å². The van der Waals surface area contributed by atoms with Gasteiger partial charge >= 0.3 is 0 Å². The number of likely N-dealkylation sites (N-methyl/N-ethyl adjacent to an activating group) is 1. The molecule has 0 radical (unpaired) electrons. The lowest BCUT2D eigenvalue weighted by molar-refractivity contribution is -0.120. The van der Waals surface area contributed by atoms with Gasteiger partial charge in [-0.1, -0.05) is 18.2 Å². The van der Waals surface area contributed by atoms with Crippen LogP contribution in [0, 0.1) is 0 Å². The zero-order valence-electron chi connectivity index (χ0n) is 15.3. The molecule has 2 fully saturated rings. The second-order valence-corrected chi connectivity index (χ2v) is 8.30. The maximum Gasteiger partial charge on any atom is 0.226 e. The van der Waals surface area contributed by atoms with E-state index in [0.717, 1.165) is 61.8 Å². The van der Waals surface area contributed by atoms with Crippen LogP contribution in [0.2, 0.25) is 0 Å². The number of carbonyl (C=O) groups is 1. The summed E-state index contributed by atoms with van der Waals surface area (Å²) in [6.45, 7) is 5.51. The molecule has 1 saturated heterocycles. The number of hydrogen-bond donors (Lipinski definition) is 1. The van der Waals surface area contributed by atoms with Crippen LogP contribution in [0.4, 0.5) is 0 Å². The van der Waals surface area contributed by atoms with Gasteiger partial charge in [0.1, 0.15) is 5.01 Å². The third-order valence-electron chi connectivity index (χ3n) is 5.01. The van der Waals surface area contributed by atoms with Crippen molar-refractivity contribution < 1.29 is 4.79 Å². The second kappa shape index (κ2) is 7.86. The molecule has 26 heavy (non-hydrogen) atoms. The van der Waals surface area contributed by atoms with Crippen LogP contribution in [0.15, 0.2) is 29.6 Å². The van der Waals surface area contributed by atoms with Gasteiger partial charge in [-0.05, 0) is 31.5 Å². The second-order valence-electron chi connectivity index (χ2n) is 7.44. The van der Waals surface area contributed by atoms with E-state index in [2.05, 4.69) is 51.4 Å². The molecule has 4 rings (SSSR count). The van der Waals surface area contributed by atoms with Crippen molar-refractivity contribution >= 4 is 17.2 Å². The Morgan fingerprint density at radius 2 is 2.08 bits per heavy atom. The standard InChI is InChI=1S/C20H26N4OS/c1-23-7-9-24(10-8-23)13-15-3-2-4-16(11-15)20-22-18(14-26-20)12-19(25)21-17-5-6-17/h2-4,11,14,17H,5-10,12-13H2,1H3,(H,21,25). The van der Waals surface area contributed by atoms with Gasteiger partial charge in [0.25, 0.3) is 0 Å². The first kappa shape index (κ1) is 17.6. The summed E-state index contributed by atoms with van der Waals surface area (Å²) in [6, 6.07) is 9.07. The number of aromatic nitrogens is 1. The molecule has 1 amide bonds. The number of piperazine rings is 1. The van der Waals surface area contributed by atoms with Gasteiger partial charge in [-0.2, -0.15) is 0 Å². The van der Waals surface area contributed by atoms with Crippen LogP contribution >= 0.6 is 11.3 Å². The lowest BCUT2D eigenvalue weighted by atomic mass is 10.1. The van der Waals surface area contributed by atoms with Gasteiger partial charge in [-0.3, -0.25) is 9.69 Å². The zero-order chi connectivity index (χ0) is 17.9. The number of benzene rings is 1. The van der Waals surface area contributed by atoms with E-state index in [1.807, 2.05) is 5.38 Å². The number of rotatable bonds is 6. The predicted octanol–water partition coefficient (Wildman–Crippen LogP) is 2.38. The van der Waals surface area contributed by atoms with Crippen LogP contribution in [0.1, 0.15) is 24.1 Å². The van der Waals surface area contributed by atoms with Crippen LogP contribution in [0.5, 0.6) is 0 Å². The molecule has 5 nitrogen and oxygen atoms in total. The summed E-state index contributed by atoms with van der Waals surface area (Å²) < 4.78 is 0. The van der Waals surface area contributed by atoms with Gasteiger partial charge in [0, 0.05) is 49.7 Å². The van der Waals surface area contributed by atoms with E-state index in [9.17, 15) is 4.79 Å². The van der Waals surface area contributed by atoms with Crippen molar-refractivity contribution in [3.05, 3.63) is 40.9 Å². The molecule has 2 heterocycles. The van der Waals surface area contributed by atoms with Crippen molar-refractivity contribution in [2.24, 2.45) is 0 Å². The number of amides is 1. The number of carbonyl (C=O) groups excluding carboxylic acids is 1. The third kappa shape index (κ3) is 4.69. The first-order valence-corrected chi connectivity index (χ1v) is 10.3. The average molecular weight is 371 g/mol. The van der Waals surface area contributed by atoms with Crippen molar-refractivity contribution in [3.63, 3.8) is 0 Å². The van der Waals surface area contributed by atoms with Gasteiger partial charge in [0.15, 0.2) is 0 Å². The average Bonchev–Trinajstić information content (AvgIpc) is 3.32. The summed E-state index contributed by atoms with van der Waals surface area (Å²) in [5.74, 6) is 0.0909. The summed E-state index contributed by atoms with van der Waals surface area (Å²) in [5.41, 5.74) is 3.35. The smallest absolute Gasteiger partial charge is 0.226 e. The topological polar surface area (TPSA) is 48.5 Å². The Kier molecular flexibility index (Phi) is 5.33. The molecule has 1 aromatic carbocycles. The van der Waals surface area contributed by atoms with E-state index in [0.29, 0.717) is 12.5 Å². The number of hydrogen-bond acceptors (Lipinski definition) is 5. The van der Waals surface area contributed by atoms with E-state index in [1.165, 1.54) is 5.56 Å². The third-order valence-corrected chi connectivity index (χ3v) is 5.95. The van der Waals surface area contributed by atoms with Gasteiger partial charge in [0.05, 0.1) is 12.1 Å². The maximum atomic E-state index is 12.0. The van der Waals surface area contributed by atoms with Gasteiger partial charge < -0.3 is 10.2 Å². The molecule has 1 aliphatic heterocycles. The molecule has 2 aliphatic rings. The van der Waals surface area contributed by atoms with Crippen LogP contribution in [-0.2, 0) is 17.8 Å². The Morgan fingerprint density at radius 3 is 2.85 bits per heavy atom. The number of thiazole rings is 1. The monoisotopic (exact) mass is 370 g/mol. The summed E-state index contributed by atoms with van der Waals surface area (Å²) in [6.07, 6.45) is 2.62.